The second-order valence-electron chi connectivity index (χ2n) is 3.58. The fourth-order valence-corrected chi connectivity index (χ4v) is 1.60. The predicted octanol–water partition coefficient (Wildman–Crippen LogP) is 3.37. The van der Waals surface area contributed by atoms with Crippen LogP contribution in [0.25, 0.3) is 16.5 Å². The van der Waals surface area contributed by atoms with Crippen LogP contribution in [0.1, 0.15) is 12.5 Å². The molecule has 0 heterocycles. The summed E-state index contributed by atoms with van der Waals surface area (Å²) in [4.78, 5) is 10.8. The molecular weight excluding hydrogens is 200 g/mol. The van der Waals surface area contributed by atoms with E-state index in [1.54, 1.807) is 0 Å². The molecule has 2 heteroatoms. The van der Waals surface area contributed by atoms with E-state index >= 15 is 0 Å². The number of carbonyl (C=O) groups is 1. The Hall–Kier alpha value is -2.09. The molecule has 0 aromatic heterocycles. The van der Waals surface area contributed by atoms with Gasteiger partial charge in [0, 0.05) is 12.5 Å². The molecule has 0 aliphatic carbocycles. The lowest BCUT2D eigenvalue weighted by Crippen LogP contribution is -1.96. The Balaban J connectivity index is 2.39. The number of carbonyl (C=O) groups excluding carboxylic acids is 1. The molecule has 2 nitrogen and oxygen atoms in total. The lowest BCUT2D eigenvalue weighted by atomic mass is 10.1. The largest absolute Gasteiger partial charge is 0.427 e. The Bertz CT molecular complexity index is 555. The molecule has 80 valence electrons. The molecule has 2 rings (SSSR count). The SMILES string of the molecule is C=C(OC(C)=O)c1ccc2ccccc2c1. The lowest BCUT2D eigenvalue weighted by molar-refractivity contribution is -0.134. The summed E-state index contributed by atoms with van der Waals surface area (Å²) in [6.07, 6.45) is 0. The zero-order chi connectivity index (χ0) is 11.5. The molecule has 0 aliphatic heterocycles. The van der Waals surface area contributed by atoms with Crippen LogP contribution in [-0.4, -0.2) is 5.97 Å². The number of hydrogen-bond acceptors (Lipinski definition) is 2. The number of ether oxygens (including phenoxy) is 1. The van der Waals surface area contributed by atoms with Gasteiger partial charge in [-0.05, 0) is 16.8 Å². The average Bonchev–Trinajstić information content (AvgIpc) is 2.27. The summed E-state index contributed by atoms with van der Waals surface area (Å²) in [6, 6.07) is 13.9. The summed E-state index contributed by atoms with van der Waals surface area (Å²) in [5.41, 5.74) is 0.828. The molecule has 0 spiro atoms. The van der Waals surface area contributed by atoms with Crippen molar-refractivity contribution < 1.29 is 9.53 Å². The van der Waals surface area contributed by atoms with Crippen LogP contribution in [0, 0.1) is 0 Å². The van der Waals surface area contributed by atoms with Crippen LogP contribution in [0.5, 0.6) is 0 Å². The Morgan fingerprint density at radius 3 is 2.50 bits per heavy atom. The maximum absolute atomic E-state index is 10.8. The highest BCUT2D eigenvalue weighted by molar-refractivity contribution is 5.86. The molecule has 16 heavy (non-hydrogen) atoms. The van der Waals surface area contributed by atoms with Gasteiger partial charge < -0.3 is 4.74 Å². The Morgan fingerprint density at radius 2 is 1.81 bits per heavy atom. The average molecular weight is 212 g/mol. The smallest absolute Gasteiger partial charge is 0.308 e. The number of esters is 1. The zero-order valence-electron chi connectivity index (χ0n) is 9.07. The van der Waals surface area contributed by atoms with Crippen molar-refractivity contribution in [1.29, 1.82) is 0 Å². The number of benzene rings is 2. The van der Waals surface area contributed by atoms with Crippen LogP contribution in [0.15, 0.2) is 49.0 Å². The standard InChI is InChI=1S/C14H12O2/c1-10(16-11(2)15)13-8-7-12-5-3-4-6-14(12)9-13/h3-9H,1H2,2H3. The first-order valence-corrected chi connectivity index (χ1v) is 5.03. The first kappa shape index (κ1) is 10.4. The second-order valence-corrected chi connectivity index (χ2v) is 3.58. The summed E-state index contributed by atoms with van der Waals surface area (Å²) < 4.78 is 4.95. The van der Waals surface area contributed by atoms with E-state index in [9.17, 15) is 4.79 Å². The number of rotatable bonds is 2. The molecule has 0 radical (unpaired) electrons. The van der Waals surface area contributed by atoms with Gasteiger partial charge in [-0.3, -0.25) is 4.79 Å². The number of hydrogen-bond donors (Lipinski definition) is 0. The van der Waals surface area contributed by atoms with Crippen molar-refractivity contribution >= 4 is 22.5 Å². The molecule has 0 fully saturated rings. The fraction of sp³-hybridized carbons (Fsp3) is 0.0714. The van der Waals surface area contributed by atoms with Gasteiger partial charge in [-0.1, -0.05) is 43.0 Å². The Labute approximate surface area is 94.2 Å². The molecule has 0 saturated carbocycles. The number of fused-ring (bicyclic) bond motifs is 1. The van der Waals surface area contributed by atoms with Gasteiger partial charge in [-0.15, -0.1) is 0 Å². The van der Waals surface area contributed by atoms with Crippen LogP contribution < -0.4 is 0 Å². The molecule has 0 aliphatic rings. The monoisotopic (exact) mass is 212 g/mol. The molecular formula is C14H12O2. The maximum atomic E-state index is 10.8. The summed E-state index contributed by atoms with van der Waals surface area (Å²) in [6.45, 7) is 5.10. The minimum Gasteiger partial charge on any atom is -0.427 e. The van der Waals surface area contributed by atoms with E-state index in [1.165, 1.54) is 6.92 Å². The quantitative estimate of drug-likeness (QED) is 0.563. The zero-order valence-corrected chi connectivity index (χ0v) is 9.07. The molecule has 2 aromatic rings. The van der Waals surface area contributed by atoms with Crippen LogP contribution in [0.4, 0.5) is 0 Å². The van der Waals surface area contributed by atoms with Crippen LogP contribution >= 0.6 is 0 Å². The van der Waals surface area contributed by atoms with E-state index < -0.39 is 0 Å². The Morgan fingerprint density at radius 1 is 1.12 bits per heavy atom. The third-order valence-corrected chi connectivity index (χ3v) is 2.34. The van der Waals surface area contributed by atoms with Crippen molar-refractivity contribution in [2.24, 2.45) is 0 Å². The molecule has 0 bridgehead atoms. The van der Waals surface area contributed by atoms with Gasteiger partial charge in [-0.25, -0.2) is 0 Å². The molecule has 0 atom stereocenters. The van der Waals surface area contributed by atoms with Crippen molar-refractivity contribution in [1.82, 2.24) is 0 Å². The maximum Gasteiger partial charge on any atom is 0.308 e. The van der Waals surface area contributed by atoms with E-state index in [1.807, 2.05) is 42.5 Å². The summed E-state index contributed by atoms with van der Waals surface area (Å²) in [5.74, 6) is 0.0383. The van der Waals surface area contributed by atoms with Gasteiger partial charge in [0.05, 0.1) is 0 Å². The third kappa shape index (κ3) is 2.11. The third-order valence-electron chi connectivity index (χ3n) is 2.34. The van der Waals surface area contributed by atoms with Gasteiger partial charge in [-0.2, -0.15) is 0 Å². The molecule has 2 aromatic carbocycles. The van der Waals surface area contributed by atoms with Crippen LogP contribution in [0.2, 0.25) is 0 Å². The van der Waals surface area contributed by atoms with Crippen LogP contribution in [0.3, 0.4) is 0 Å². The lowest BCUT2D eigenvalue weighted by Gasteiger charge is -2.06. The van der Waals surface area contributed by atoms with Crippen molar-refractivity contribution in [2.45, 2.75) is 6.92 Å². The molecule has 0 saturated heterocycles. The highest BCUT2D eigenvalue weighted by Gasteiger charge is 2.03. The van der Waals surface area contributed by atoms with Crippen LogP contribution in [-0.2, 0) is 9.53 Å². The second kappa shape index (κ2) is 4.19. The van der Waals surface area contributed by atoms with Gasteiger partial charge >= 0.3 is 5.97 Å². The van der Waals surface area contributed by atoms with E-state index in [0.717, 1.165) is 16.3 Å². The normalized spacial score (nSPS) is 10.1. The minimum absolute atomic E-state index is 0.349. The first-order valence-electron chi connectivity index (χ1n) is 5.03. The van der Waals surface area contributed by atoms with Crippen molar-refractivity contribution in [3.63, 3.8) is 0 Å². The van der Waals surface area contributed by atoms with Crippen molar-refractivity contribution in [3.05, 3.63) is 54.6 Å². The summed E-state index contributed by atoms with van der Waals surface area (Å²) in [7, 11) is 0. The van der Waals surface area contributed by atoms with E-state index in [0.29, 0.717) is 5.76 Å². The highest BCUT2D eigenvalue weighted by atomic mass is 16.5. The van der Waals surface area contributed by atoms with Gasteiger partial charge in [0.2, 0.25) is 0 Å². The van der Waals surface area contributed by atoms with Crippen molar-refractivity contribution in [2.75, 3.05) is 0 Å². The minimum atomic E-state index is -0.349. The highest BCUT2D eigenvalue weighted by Crippen LogP contribution is 2.20. The summed E-state index contributed by atoms with van der Waals surface area (Å²) in [5, 5.41) is 2.26. The first-order chi connectivity index (χ1) is 7.66. The van der Waals surface area contributed by atoms with Crippen molar-refractivity contribution in [3.8, 4) is 0 Å². The van der Waals surface area contributed by atoms with E-state index in [-0.39, 0.29) is 5.97 Å². The topological polar surface area (TPSA) is 26.3 Å². The molecule has 0 unspecified atom stereocenters. The molecule has 0 N–H and O–H groups in total. The van der Waals surface area contributed by atoms with Gasteiger partial charge in [0.1, 0.15) is 5.76 Å². The van der Waals surface area contributed by atoms with E-state index in [2.05, 4.69) is 6.58 Å². The van der Waals surface area contributed by atoms with Gasteiger partial charge in [0.25, 0.3) is 0 Å². The van der Waals surface area contributed by atoms with E-state index in [4.69, 9.17) is 4.74 Å². The van der Waals surface area contributed by atoms with Gasteiger partial charge in [0.15, 0.2) is 0 Å². The fourth-order valence-electron chi connectivity index (χ4n) is 1.60. The predicted molar refractivity (Wildman–Crippen MR) is 64.7 cm³/mol. The summed E-state index contributed by atoms with van der Waals surface area (Å²) >= 11 is 0. The molecule has 0 amide bonds. The Kier molecular flexibility index (Phi) is 2.73.